The van der Waals surface area contributed by atoms with Gasteiger partial charge in [-0.15, -0.1) is 11.8 Å². The summed E-state index contributed by atoms with van der Waals surface area (Å²) < 4.78 is 10.8. The minimum Gasteiger partial charge on any atom is -0.497 e. The molecular formula is C22H29N3O4S. The lowest BCUT2D eigenvalue weighted by atomic mass is 9.84. The van der Waals surface area contributed by atoms with E-state index in [9.17, 15) is 9.59 Å². The highest BCUT2D eigenvalue weighted by atomic mass is 32.2. The van der Waals surface area contributed by atoms with Gasteiger partial charge in [0.2, 0.25) is 11.8 Å². The minimum atomic E-state index is -0.326. The topological polar surface area (TPSA) is 83.7 Å². The Labute approximate surface area is 180 Å². The Hall–Kier alpha value is -2.35. The Morgan fingerprint density at radius 1 is 1.23 bits per heavy atom. The van der Waals surface area contributed by atoms with Crippen LogP contribution in [0.15, 0.2) is 18.2 Å². The van der Waals surface area contributed by atoms with E-state index in [1.54, 1.807) is 30.9 Å². The molecule has 1 atom stereocenters. The first kappa shape index (κ1) is 20.9. The third-order valence-electron chi connectivity index (χ3n) is 6.03. The highest BCUT2D eigenvalue weighted by Gasteiger charge is 2.39. The number of nitrogens with one attached hydrogen (secondary N) is 2. The van der Waals surface area contributed by atoms with Crippen molar-refractivity contribution in [3.05, 3.63) is 23.9 Å². The number of carbonyl (C=O) groups excluding carboxylic acids is 2. The molecule has 162 valence electrons. The molecule has 2 aliphatic rings. The van der Waals surface area contributed by atoms with Crippen molar-refractivity contribution in [1.29, 1.82) is 0 Å². The Kier molecular flexibility index (Phi) is 6.41. The fraction of sp³-hybridized carbons (Fsp3) is 0.545. The van der Waals surface area contributed by atoms with Gasteiger partial charge in [-0.1, -0.05) is 6.42 Å². The maximum absolute atomic E-state index is 12.6. The number of aromatic amines is 1. The molecule has 1 saturated heterocycles. The molecule has 2 aromatic rings. The summed E-state index contributed by atoms with van der Waals surface area (Å²) in [6, 6.07) is 5.58. The van der Waals surface area contributed by atoms with Gasteiger partial charge in [0, 0.05) is 41.4 Å². The van der Waals surface area contributed by atoms with E-state index in [4.69, 9.17) is 9.47 Å². The predicted molar refractivity (Wildman–Crippen MR) is 118 cm³/mol. The molecule has 2 heterocycles. The molecule has 1 aromatic carbocycles. The lowest BCUT2D eigenvalue weighted by Crippen LogP contribution is -2.50. The number of methoxy groups -OCH3 is 2. The molecule has 1 saturated carbocycles. The number of ether oxygens (including phenoxy) is 2. The standard InChI is InChI=1S/C22H29N3O4S/c1-28-16-10-18-17(20(11-16)29-2)9-15(24-18)7-4-8-23-21(26)19-12-30-13-25(19)22(27)14-5-3-6-14/h9-11,14,19,24H,3-8,12-13H2,1-2H3,(H,23,26)/t19-/m1/s1. The molecule has 2 amide bonds. The summed E-state index contributed by atoms with van der Waals surface area (Å²) >= 11 is 1.66. The molecule has 0 radical (unpaired) electrons. The Bertz CT molecular complexity index is 924. The number of benzene rings is 1. The normalized spacial score (nSPS) is 19.0. The molecule has 2 fully saturated rings. The van der Waals surface area contributed by atoms with Gasteiger partial charge in [-0.05, 0) is 31.7 Å². The third-order valence-corrected chi connectivity index (χ3v) is 7.04. The molecule has 0 unspecified atom stereocenters. The van der Waals surface area contributed by atoms with Crippen LogP contribution in [0.5, 0.6) is 11.5 Å². The Morgan fingerprint density at radius 2 is 2.07 bits per heavy atom. The van der Waals surface area contributed by atoms with Crippen molar-refractivity contribution in [1.82, 2.24) is 15.2 Å². The summed E-state index contributed by atoms with van der Waals surface area (Å²) in [5.41, 5.74) is 2.06. The summed E-state index contributed by atoms with van der Waals surface area (Å²) in [4.78, 5) is 30.4. The molecule has 0 spiro atoms. The van der Waals surface area contributed by atoms with E-state index in [1.165, 1.54) is 0 Å². The van der Waals surface area contributed by atoms with Crippen LogP contribution in [-0.4, -0.2) is 60.1 Å². The smallest absolute Gasteiger partial charge is 0.243 e. The molecule has 30 heavy (non-hydrogen) atoms. The minimum absolute atomic E-state index is 0.0317. The van der Waals surface area contributed by atoms with Gasteiger partial charge >= 0.3 is 0 Å². The van der Waals surface area contributed by atoms with Crippen molar-refractivity contribution in [2.45, 2.75) is 38.1 Å². The monoisotopic (exact) mass is 431 g/mol. The van der Waals surface area contributed by atoms with Gasteiger partial charge in [0.25, 0.3) is 0 Å². The molecule has 0 bridgehead atoms. The average Bonchev–Trinajstić information content (AvgIpc) is 3.35. The predicted octanol–water partition coefficient (Wildman–Crippen LogP) is 2.94. The van der Waals surface area contributed by atoms with Gasteiger partial charge in [0.1, 0.15) is 17.5 Å². The second-order valence-corrected chi connectivity index (χ2v) is 8.93. The summed E-state index contributed by atoms with van der Waals surface area (Å²) in [5, 5.41) is 4.04. The number of hydrogen-bond acceptors (Lipinski definition) is 5. The zero-order valence-corrected chi connectivity index (χ0v) is 18.3. The molecule has 8 heteroatoms. The van der Waals surface area contributed by atoms with Crippen LogP contribution in [0.4, 0.5) is 0 Å². The van der Waals surface area contributed by atoms with Gasteiger partial charge in [0.05, 0.1) is 25.6 Å². The van der Waals surface area contributed by atoms with Gasteiger partial charge in [-0.25, -0.2) is 0 Å². The SMILES string of the molecule is COc1cc(OC)c2cc(CCCNC(=O)[C@H]3CSCN3C(=O)C3CCC3)[nH]c2c1. The van der Waals surface area contributed by atoms with Crippen LogP contribution in [0.1, 0.15) is 31.4 Å². The maximum atomic E-state index is 12.6. The van der Waals surface area contributed by atoms with Gasteiger partial charge in [-0.2, -0.15) is 0 Å². The van der Waals surface area contributed by atoms with Crippen LogP contribution >= 0.6 is 11.8 Å². The van der Waals surface area contributed by atoms with Crippen molar-refractivity contribution in [2.75, 3.05) is 32.4 Å². The summed E-state index contributed by atoms with van der Waals surface area (Å²) in [7, 11) is 3.29. The maximum Gasteiger partial charge on any atom is 0.243 e. The number of nitrogens with zero attached hydrogens (tertiary/aromatic N) is 1. The van der Waals surface area contributed by atoms with Crippen molar-refractivity contribution in [3.8, 4) is 11.5 Å². The first-order valence-electron chi connectivity index (χ1n) is 10.5. The zero-order valence-electron chi connectivity index (χ0n) is 17.5. The van der Waals surface area contributed by atoms with Crippen molar-refractivity contribution >= 4 is 34.5 Å². The fourth-order valence-corrected chi connectivity index (χ4v) is 5.20. The average molecular weight is 432 g/mol. The first-order chi connectivity index (χ1) is 14.6. The van der Waals surface area contributed by atoms with Gasteiger partial charge in [0.15, 0.2) is 0 Å². The summed E-state index contributed by atoms with van der Waals surface area (Å²) in [6.07, 6.45) is 4.69. The van der Waals surface area contributed by atoms with E-state index in [1.807, 2.05) is 12.1 Å². The van der Waals surface area contributed by atoms with Crippen LogP contribution in [0.25, 0.3) is 10.9 Å². The highest BCUT2D eigenvalue weighted by molar-refractivity contribution is 7.99. The number of thioether (sulfide) groups is 1. The van der Waals surface area contributed by atoms with Crippen LogP contribution in [0, 0.1) is 5.92 Å². The molecular weight excluding hydrogens is 402 g/mol. The van der Waals surface area contributed by atoms with E-state index in [0.29, 0.717) is 18.2 Å². The number of rotatable bonds is 8. The van der Waals surface area contributed by atoms with Crippen LogP contribution in [0.3, 0.4) is 0 Å². The van der Waals surface area contributed by atoms with Crippen molar-refractivity contribution in [3.63, 3.8) is 0 Å². The molecule has 1 aliphatic heterocycles. The summed E-state index contributed by atoms with van der Waals surface area (Å²) in [5.74, 6) is 3.11. The Morgan fingerprint density at radius 3 is 2.77 bits per heavy atom. The second-order valence-electron chi connectivity index (χ2n) is 7.93. The van der Waals surface area contributed by atoms with E-state index in [-0.39, 0.29) is 23.8 Å². The van der Waals surface area contributed by atoms with E-state index < -0.39 is 0 Å². The Balaban J connectivity index is 1.29. The molecule has 7 nitrogen and oxygen atoms in total. The van der Waals surface area contributed by atoms with E-state index >= 15 is 0 Å². The first-order valence-corrected chi connectivity index (χ1v) is 11.7. The largest absolute Gasteiger partial charge is 0.497 e. The second kappa shape index (κ2) is 9.20. The highest BCUT2D eigenvalue weighted by Crippen LogP contribution is 2.33. The third kappa shape index (κ3) is 4.24. The van der Waals surface area contributed by atoms with Gasteiger partial charge in [-0.3, -0.25) is 9.59 Å². The van der Waals surface area contributed by atoms with Gasteiger partial charge < -0.3 is 24.7 Å². The number of hydrogen-bond donors (Lipinski definition) is 2. The number of H-pyrrole nitrogens is 1. The number of carbonyl (C=O) groups is 2. The number of aromatic nitrogens is 1. The quantitative estimate of drug-likeness (QED) is 0.628. The zero-order chi connectivity index (χ0) is 21.1. The molecule has 2 N–H and O–H groups in total. The van der Waals surface area contributed by atoms with Crippen LogP contribution < -0.4 is 14.8 Å². The lowest BCUT2D eigenvalue weighted by molar-refractivity contribution is -0.143. The van der Waals surface area contributed by atoms with Crippen molar-refractivity contribution in [2.24, 2.45) is 5.92 Å². The number of aryl methyl sites for hydroxylation is 1. The molecule has 1 aromatic heterocycles. The summed E-state index contributed by atoms with van der Waals surface area (Å²) in [6.45, 7) is 0.585. The van der Waals surface area contributed by atoms with E-state index in [0.717, 1.165) is 60.2 Å². The number of fused-ring (bicyclic) bond motifs is 1. The molecule has 4 rings (SSSR count). The molecule has 1 aliphatic carbocycles. The lowest BCUT2D eigenvalue weighted by Gasteiger charge is -2.31. The van der Waals surface area contributed by atoms with Crippen LogP contribution in [0.2, 0.25) is 0 Å². The van der Waals surface area contributed by atoms with Crippen LogP contribution in [-0.2, 0) is 16.0 Å². The van der Waals surface area contributed by atoms with Crippen molar-refractivity contribution < 1.29 is 19.1 Å². The number of amides is 2. The fourth-order valence-electron chi connectivity index (χ4n) is 4.03. The van der Waals surface area contributed by atoms with E-state index in [2.05, 4.69) is 16.4 Å².